The highest BCUT2D eigenvalue weighted by atomic mass is 32.2. The van der Waals surface area contributed by atoms with E-state index in [0.29, 0.717) is 15.8 Å². The number of nitrogens with one attached hydrogen (secondary N) is 1. The van der Waals surface area contributed by atoms with Crippen molar-refractivity contribution in [2.24, 2.45) is 5.10 Å². The van der Waals surface area contributed by atoms with Gasteiger partial charge >= 0.3 is 0 Å². The van der Waals surface area contributed by atoms with Crippen LogP contribution in [0.3, 0.4) is 0 Å². The van der Waals surface area contributed by atoms with Crippen molar-refractivity contribution in [1.82, 2.24) is 9.82 Å². The Balaban J connectivity index is 1.82. The molecule has 0 amide bonds. The Morgan fingerprint density at radius 1 is 1.17 bits per heavy atom. The van der Waals surface area contributed by atoms with Gasteiger partial charge in [-0.2, -0.15) is 23.1 Å². The van der Waals surface area contributed by atoms with Gasteiger partial charge in [-0.3, -0.25) is 0 Å². The summed E-state index contributed by atoms with van der Waals surface area (Å²) in [6, 6.07) is 13.2. The van der Waals surface area contributed by atoms with Gasteiger partial charge in [-0.25, -0.2) is 4.98 Å². The van der Waals surface area contributed by atoms with Crippen LogP contribution in [0.25, 0.3) is 11.0 Å². The van der Waals surface area contributed by atoms with Gasteiger partial charge in [0.15, 0.2) is 0 Å². The number of nitrogens with zero attached hydrogens (tertiary/aromatic N) is 3. The standard InChI is InChI=1S/C16H14N4O3S/c1-12-6-8-14(9-7-12)24(22,23)19-17-10-13-11-20(21)16-5-3-2-4-15(16)18-13/h2-11,19H,1H3. The van der Waals surface area contributed by atoms with Crippen molar-refractivity contribution < 1.29 is 13.1 Å². The van der Waals surface area contributed by atoms with E-state index >= 15 is 0 Å². The van der Waals surface area contributed by atoms with Crippen LogP contribution >= 0.6 is 0 Å². The summed E-state index contributed by atoms with van der Waals surface area (Å²) >= 11 is 0. The van der Waals surface area contributed by atoms with Crippen LogP contribution < -0.4 is 9.56 Å². The third kappa shape index (κ3) is 3.33. The molecule has 24 heavy (non-hydrogen) atoms. The predicted octanol–water partition coefficient (Wildman–Crippen LogP) is 1.49. The lowest BCUT2D eigenvalue weighted by atomic mass is 10.2. The lowest BCUT2D eigenvalue weighted by Crippen LogP contribution is -2.28. The molecule has 0 atom stereocenters. The summed E-state index contributed by atoms with van der Waals surface area (Å²) in [5, 5.41) is 15.6. The molecular formula is C16H14N4O3S. The van der Waals surface area contributed by atoms with Gasteiger partial charge in [0.2, 0.25) is 11.7 Å². The molecule has 0 saturated heterocycles. The van der Waals surface area contributed by atoms with E-state index in [2.05, 4.69) is 14.9 Å². The minimum Gasteiger partial charge on any atom is -0.618 e. The molecule has 0 fully saturated rings. The fourth-order valence-electron chi connectivity index (χ4n) is 2.10. The topological polar surface area (TPSA) is 98.4 Å². The molecule has 1 heterocycles. The van der Waals surface area contributed by atoms with Crippen LogP contribution in [-0.2, 0) is 10.0 Å². The Labute approximate surface area is 138 Å². The van der Waals surface area contributed by atoms with E-state index in [-0.39, 0.29) is 10.6 Å². The number of aromatic nitrogens is 2. The zero-order valence-corrected chi connectivity index (χ0v) is 13.6. The van der Waals surface area contributed by atoms with Crippen molar-refractivity contribution in [2.45, 2.75) is 11.8 Å². The molecule has 122 valence electrons. The van der Waals surface area contributed by atoms with Crippen molar-refractivity contribution in [2.75, 3.05) is 0 Å². The maximum atomic E-state index is 12.1. The van der Waals surface area contributed by atoms with Crippen LogP contribution in [0.4, 0.5) is 0 Å². The van der Waals surface area contributed by atoms with Crippen LogP contribution in [0, 0.1) is 12.1 Å². The highest BCUT2D eigenvalue weighted by Crippen LogP contribution is 2.10. The normalized spacial score (nSPS) is 11.9. The summed E-state index contributed by atoms with van der Waals surface area (Å²) in [4.78, 5) is 6.44. The molecule has 0 radical (unpaired) electrons. The van der Waals surface area contributed by atoms with Gasteiger partial charge in [-0.05, 0) is 25.1 Å². The van der Waals surface area contributed by atoms with E-state index < -0.39 is 10.0 Å². The number of benzene rings is 2. The zero-order valence-electron chi connectivity index (χ0n) is 12.7. The second-order valence-corrected chi connectivity index (χ2v) is 6.81. The monoisotopic (exact) mass is 342 g/mol. The predicted molar refractivity (Wildman–Crippen MR) is 89.8 cm³/mol. The van der Waals surface area contributed by atoms with Gasteiger partial charge in [-0.1, -0.05) is 29.8 Å². The summed E-state index contributed by atoms with van der Waals surface area (Å²) in [6.07, 6.45) is 2.42. The Hall–Kier alpha value is -3.00. The smallest absolute Gasteiger partial charge is 0.276 e. The van der Waals surface area contributed by atoms with Crippen molar-refractivity contribution in [3.8, 4) is 0 Å². The summed E-state index contributed by atoms with van der Waals surface area (Å²) in [6.45, 7) is 1.87. The largest absolute Gasteiger partial charge is 0.618 e. The Morgan fingerprint density at radius 2 is 1.88 bits per heavy atom. The Morgan fingerprint density at radius 3 is 2.62 bits per heavy atom. The van der Waals surface area contributed by atoms with Gasteiger partial charge in [0.1, 0.15) is 11.2 Å². The minimum atomic E-state index is -3.76. The molecule has 0 unspecified atom stereocenters. The summed E-state index contributed by atoms with van der Waals surface area (Å²) in [5.74, 6) is 0. The number of hydrogen-bond donors (Lipinski definition) is 1. The second-order valence-electron chi connectivity index (χ2n) is 5.15. The number of hydrazone groups is 1. The molecule has 0 saturated carbocycles. The van der Waals surface area contributed by atoms with Crippen molar-refractivity contribution in [3.05, 3.63) is 71.2 Å². The first-order valence-corrected chi connectivity index (χ1v) is 8.54. The van der Waals surface area contributed by atoms with Crippen LogP contribution in [0.5, 0.6) is 0 Å². The van der Waals surface area contributed by atoms with E-state index in [1.54, 1.807) is 36.4 Å². The van der Waals surface area contributed by atoms with Crippen LogP contribution in [0.1, 0.15) is 11.3 Å². The molecular weight excluding hydrogens is 328 g/mol. The lowest BCUT2D eigenvalue weighted by Gasteiger charge is -2.04. The third-order valence-corrected chi connectivity index (χ3v) is 4.56. The average molecular weight is 342 g/mol. The fraction of sp³-hybridized carbons (Fsp3) is 0.0625. The van der Waals surface area contributed by atoms with Crippen LogP contribution in [0.15, 0.2) is 64.7 Å². The van der Waals surface area contributed by atoms with E-state index in [4.69, 9.17) is 0 Å². The molecule has 1 aromatic heterocycles. The number of para-hydroxylation sites is 2. The quantitative estimate of drug-likeness (QED) is 0.336. The van der Waals surface area contributed by atoms with Gasteiger partial charge in [0.05, 0.1) is 11.1 Å². The molecule has 0 bridgehead atoms. The van der Waals surface area contributed by atoms with Crippen LogP contribution in [0.2, 0.25) is 0 Å². The SMILES string of the molecule is Cc1ccc(S(=O)(=O)NN=Cc2c[n+]([O-])c3ccccc3n2)cc1. The summed E-state index contributed by atoms with van der Waals surface area (Å²) < 4.78 is 24.9. The molecule has 0 aliphatic rings. The Bertz CT molecular complexity index is 1020. The maximum absolute atomic E-state index is 12.1. The number of aryl methyl sites for hydroxylation is 1. The molecule has 0 aliphatic carbocycles. The first-order valence-electron chi connectivity index (χ1n) is 7.06. The molecule has 0 spiro atoms. The first-order chi connectivity index (χ1) is 11.5. The van der Waals surface area contributed by atoms with Crippen molar-refractivity contribution >= 4 is 27.3 Å². The van der Waals surface area contributed by atoms with Crippen LogP contribution in [-0.4, -0.2) is 19.6 Å². The number of fused-ring (bicyclic) bond motifs is 1. The number of sulfonamides is 1. The molecule has 7 nitrogen and oxygen atoms in total. The van der Waals surface area contributed by atoms with Crippen molar-refractivity contribution in [3.63, 3.8) is 0 Å². The average Bonchev–Trinajstić information content (AvgIpc) is 2.55. The molecule has 0 aliphatic heterocycles. The lowest BCUT2D eigenvalue weighted by molar-refractivity contribution is -0.577. The summed E-state index contributed by atoms with van der Waals surface area (Å²) in [5.41, 5.74) is 2.13. The third-order valence-electron chi connectivity index (χ3n) is 3.32. The number of hydrogen-bond acceptors (Lipinski definition) is 5. The van der Waals surface area contributed by atoms with E-state index in [0.717, 1.165) is 5.56 Å². The van der Waals surface area contributed by atoms with E-state index in [1.165, 1.54) is 24.5 Å². The molecule has 8 heteroatoms. The Kier molecular flexibility index (Phi) is 4.13. The van der Waals surface area contributed by atoms with Gasteiger partial charge in [0, 0.05) is 6.07 Å². The molecule has 1 N–H and O–H groups in total. The molecule has 3 aromatic rings. The second kappa shape index (κ2) is 6.25. The van der Waals surface area contributed by atoms with Crippen molar-refractivity contribution in [1.29, 1.82) is 0 Å². The van der Waals surface area contributed by atoms with E-state index in [1.807, 2.05) is 6.92 Å². The minimum absolute atomic E-state index is 0.107. The van der Waals surface area contributed by atoms with Gasteiger partial charge in [0.25, 0.3) is 10.0 Å². The molecule has 3 rings (SSSR count). The highest BCUT2D eigenvalue weighted by Gasteiger charge is 2.12. The fourth-order valence-corrected chi connectivity index (χ4v) is 2.89. The van der Waals surface area contributed by atoms with Gasteiger partial charge in [-0.15, -0.1) is 0 Å². The van der Waals surface area contributed by atoms with Gasteiger partial charge < -0.3 is 5.21 Å². The first kappa shape index (κ1) is 15.9. The molecule has 2 aromatic carbocycles. The summed E-state index contributed by atoms with van der Waals surface area (Å²) in [7, 11) is -3.76. The number of rotatable bonds is 4. The zero-order chi connectivity index (χ0) is 17.2. The van der Waals surface area contributed by atoms with E-state index in [9.17, 15) is 13.6 Å². The highest BCUT2D eigenvalue weighted by molar-refractivity contribution is 7.89. The maximum Gasteiger partial charge on any atom is 0.276 e.